The van der Waals surface area contributed by atoms with Gasteiger partial charge in [-0.2, -0.15) is 0 Å². The molecular formula is C21H33N3O2. The fourth-order valence-electron chi connectivity index (χ4n) is 4.69. The van der Waals surface area contributed by atoms with E-state index < -0.39 is 0 Å². The molecule has 1 saturated carbocycles. The van der Waals surface area contributed by atoms with Crippen LogP contribution in [0.2, 0.25) is 0 Å². The lowest BCUT2D eigenvalue weighted by Crippen LogP contribution is -2.48. The van der Waals surface area contributed by atoms with Crippen LogP contribution in [0, 0.1) is 0 Å². The van der Waals surface area contributed by atoms with E-state index >= 15 is 0 Å². The van der Waals surface area contributed by atoms with Gasteiger partial charge in [-0.3, -0.25) is 4.90 Å². The smallest absolute Gasteiger partial charge is 0.409 e. The molecule has 1 aliphatic carbocycles. The Morgan fingerprint density at radius 3 is 2.58 bits per heavy atom. The topological polar surface area (TPSA) is 44.8 Å². The molecule has 0 bridgehead atoms. The Labute approximate surface area is 157 Å². The van der Waals surface area contributed by atoms with E-state index in [0.29, 0.717) is 12.6 Å². The van der Waals surface area contributed by atoms with Crippen molar-refractivity contribution in [1.82, 2.24) is 15.1 Å². The van der Waals surface area contributed by atoms with Gasteiger partial charge in [-0.15, -0.1) is 0 Å². The maximum absolute atomic E-state index is 12.0. The van der Waals surface area contributed by atoms with Crippen LogP contribution in [0.15, 0.2) is 30.3 Å². The largest absolute Gasteiger partial charge is 0.450 e. The minimum atomic E-state index is -0.193. The van der Waals surface area contributed by atoms with Crippen molar-refractivity contribution in [3.05, 3.63) is 35.9 Å². The van der Waals surface area contributed by atoms with Gasteiger partial charge in [0, 0.05) is 37.8 Å². The highest BCUT2D eigenvalue weighted by molar-refractivity contribution is 5.67. The molecule has 1 saturated heterocycles. The van der Waals surface area contributed by atoms with Gasteiger partial charge in [0.15, 0.2) is 0 Å². The first-order valence-electron chi connectivity index (χ1n) is 9.97. The van der Waals surface area contributed by atoms with Crippen molar-refractivity contribution in [2.24, 2.45) is 0 Å². The number of likely N-dealkylation sites (tertiary alicyclic amines) is 1. The van der Waals surface area contributed by atoms with E-state index in [0.717, 1.165) is 32.4 Å². The van der Waals surface area contributed by atoms with Gasteiger partial charge in [-0.05, 0) is 51.6 Å². The molecule has 2 aliphatic rings. The Kier molecular flexibility index (Phi) is 6.20. The zero-order chi connectivity index (χ0) is 18.6. The number of carbonyl (C=O) groups is 1. The molecule has 3 rings (SSSR count). The average Bonchev–Trinajstić information content (AvgIpc) is 3.18. The molecular weight excluding hydrogens is 326 g/mol. The number of likely N-dealkylation sites (N-methyl/N-ethyl adjacent to an activating group) is 1. The van der Waals surface area contributed by atoms with E-state index in [1.165, 1.54) is 18.4 Å². The Morgan fingerprint density at radius 1 is 1.27 bits per heavy atom. The van der Waals surface area contributed by atoms with Gasteiger partial charge in [0.1, 0.15) is 0 Å². The van der Waals surface area contributed by atoms with E-state index in [4.69, 9.17) is 4.74 Å². The fraction of sp³-hybridized carbons (Fsp3) is 0.667. The lowest BCUT2D eigenvalue weighted by atomic mass is 9.74. The molecule has 1 N–H and O–H groups in total. The van der Waals surface area contributed by atoms with Crippen LogP contribution < -0.4 is 5.32 Å². The molecule has 0 aromatic heterocycles. The Bertz CT molecular complexity index is 584. The first-order chi connectivity index (χ1) is 12.6. The molecule has 1 heterocycles. The van der Waals surface area contributed by atoms with Crippen molar-refractivity contribution >= 4 is 6.09 Å². The predicted octanol–water partition coefficient (Wildman–Crippen LogP) is 3.21. The first kappa shape index (κ1) is 19.2. The summed E-state index contributed by atoms with van der Waals surface area (Å²) >= 11 is 0. The fourth-order valence-corrected chi connectivity index (χ4v) is 4.69. The molecule has 1 aromatic rings. The standard InChI is InChI=1S/C21H33N3O2/c1-4-26-20(25)23(3)19-12-15-24(16-19)18-10-13-21(22-2,14-11-18)17-8-6-5-7-9-17/h5-9,18-19,22H,4,10-16H2,1-3H3/t18?,19-,21?/m1/s1. The number of hydrogen-bond donors (Lipinski definition) is 1. The van der Waals surface area contributed by atoms with Crippen molar-refractivity contribution in [2.45, 2.75) is 56.7 Å². The van der Waals surface area contributed by atoms with Crippen molar-refractivity contribution in [2.75, 3.05) is 33.8 Å². The Hall–Kier alpha value is -1.59. The highest BCUT2D eigenvalue weighted by atomic mass is 16.6. The molecule has 5 nitrogen and oxygen atoms in total. The zero-order valence-corrected chi connectivity index (χ0v) is 16.4. The summed E-state index contributed by atoms with van der Waals surface area (Å²) < 4.78 is 5.15. The number of rotatable bonds is 5. The van der Waals surface area contributed by atoms with Crippen LogP contribution in [-0.4, -0.2) is 61.8 Å². The summed E-state index contributed by atoms with van der Waals surface area (Å²) in [6, 6.07) is 11.8. The number of benzene rings is 1. The summed E-state index contributed by atoms with van der Waals surface area (Å²) in [6.45, 7) is 4.35. The third kappa shape index (κ3) is 3.89. The monoisotopic (exact) mass is 359 g/mol. The molecule has 2 fully saturated rings. The molecule has 5 heteroatoms. The zero-order valence-electron chi connectivity index (χ0n) is 16.4. The van der Waals surface area contributed by atoms with Crippen LogP contribution in [0.4, 0.5) is 4.79 Å². The van der Waals surface area contributed by atoms with E-state index in [-0.39, 0.29) is 17.7 Å². The average molecular weight is 360 g/mol. The quantitative estimate of drug-likeness (QED) is 0.877. The molecule has 0 spiro atoms. The molecule has 1 atom stereocenters. The molecule has 0 unspecified atom stereocenters. The number of amides is 1. The van der Waals surface area contributed by atoms with Gasteiger partial charge in [-0.25, -0.2) is 4.79 Å². The third-order valence-corrected chi connectivity index (χ3v) is 6.43. The summed E-state index contributed by atoms with van der Waals surface area (Å²) in [5, 5.41) is 3.61. The summed E-state index contributed by atoms with van der Waals surface area (Å²) in [7, 11) is 3.96. The summed E-state index contributed by atoms with van der Waals surface area (Å²) in [5.41, 5.74) is 1.51. The maximum atomic E-state index is 12.0. The predicted molar refractivity (Wildman–Crippen MR) is 104 cm³/mol. The highest BCUT2D eigenvalue weighted by Crippen LogP contribution is 2.39. The maximum Gasteiger partial charge on any atom is 0.409 e. The lowest BCUT2D eigenvalue weighted by molar-refractivity contribution is 0.0954. The van der Waals surface area contributed by atoms with Gasteiger partial charge in [0.25, 0.3) is 0 Å². The molecule has 1 amide bonds. The van der Waals surface area contributed by atoms with Crippen LogP contribution in [-0.2, 0) is 10.3 Å². The van der Waals surface area contributed by atoms with Gasteiger partial charge >= 0.3 is 6.09 Å². The lowest BCUT2D eigenvalue weighted by Gasteiger charge is -2.43. The molecule has 1 aliphatic heterocycles. The minimum absolute atomic E-state index is 0.110. The minimum Gasteiger partial charge on any atom is -0.450 e. The molecule has 1 aromatic carbocycles. The number of nitrogens with zero attached hydrogens (tertiary/aromatic N) is 2. The molecule has 144 valence electrons. The van der Waals surface area contributed by atoms with Gasteiger partial charge in [0.05, 0.1) is 6.61 Å². The van der Waals surface area contributed by atoms with Crippen molar-refractivity contribution in [3.8, 4) is 0 Å². The second-order valence-corrected chi connectivity index (χ2v) is 7.68. The second kappa shape index (κ2) is 8.40. The molecule has 26 heavy (non-hydrogen) atoms. The van der Waals surface area contributed by atoms with Crippen molar-refractivity contribution in [3.63, 3.8) is 0 Å². The van der Waals surface area contributed by atoms with E-state index in [1.54, 1.807) is 4.90 Å². The number of nitrogens with one attached hydrogen (secondary N) is 1. The number of carbonyl (C=O) groups excluding carboxylic acids is 1. The SMILES string of the molecule is CCOC(=O)N(C)[C@@H]1CCN(C2CCC(NC)(c3ccccc3)CC2)C1. The Balaban J connectivity index is 1.56. The number of hydrogen-bond acceptors (Lipinski definition) is 4. The molecule has 0 radical (unpaired) electrons. The van der Waals surface area contributed by atoms with Gasteiger partial charge in [0.2, 0.25) is 0 Å². The first-order valence-corrected chi connectivity index (χ1v) is 9.97. The van der Waals surface area contributed by atoms with Crippen LogP contribution in [0.5, 0.6) is 0 Å². The highest BCUT2D eigenvalue weighted by Gasteiger charge is 2.39. The third-order valence-electron chi connectivity index (χ3n) is 6.43. The van der Waals surface area contributed by atoms with Gasteiger partial charge in [-0.1, -0.05) is 30.3 Å². The van der Waals surface area contributed by atoms with Crippen LogP contribution in [0.25, 0.3) is 0 Å². The second-order valence-electron chi connectivity index (χ2n) is 7.68. The van der Waals surface area contributed by atoms with Crippen LogP contribution >= 0.6 is 0 Å². The summed E-state index contributed by atoms with van der Waals surface area (Å²) in [4.78, 5) is 16.3. The van der Waals surface area contributed by atoms with E-state index in [1.807, 2.05) is 14.0 Å². The summed E-state index contributed by atoms with van der Waals surface area (Å²) in [6.07, 6.45) is 5.57. The van der Waals surface area contributed by atoms with Crippen molar-refractivity contribution in [1.29, 1.82) is 0 Å². The van der Waals surface area contributed by atoms with E-state index in [9.17, 15) is 4.79 Å². The normalized spacial score (nSPS) is 29.5. The Morgan fingerprint density at radius 2 is 1.96 bits per heavy atom. The summed E-state index contributed by atoms with van der Waals surface area (Å²) in [5.74, 6) is 0. The van der Waals surface area contributed by atoms with Crippen LogP contribution in [0.3, 0.4) is 0 Å². The van der Waals surface area contributed by atoms with E-state index in [2.05, 4.69) is 47.6 Å². The van der Waals surface area contributed by atoms with Gasteiger partial charge < -0.3 is 15.0 Å². The number of ether oxygens (including phenoxy) is 1. The van der Waals surface area contributed by atoms with Crippen molar-refractivity contribution < 1.29 is 9.53 Å². The van der Waals surface area contributed by atoms with Crippen LogP contribution in [0.1, 0.15) is 44.6 Å².